The molecule has 0 amide bonds. The Morgan fingerprint density at radius 3 is 2.81 bits per heavy atom. The number of benzene rings is 1. The average Bonchev–Trinajstić information content (AvgIpc) is 2.89. The van der Waals surface area contributed by atoms with E-state index in [9.17, 15) is 4.39 Å². The minimum absolute atomic E-state index is 0.0301. The molecule has 1 aromatic rings. The van der Waals surface area contributed by atoms with E-state index in [-0.39, 0.29) is 22.9 Å². The highest BCUT2D eigenvalue weighted by molar-refractivity contribution is 5.22. The van der Waals surface area contributed by atoms with Crippen LogP contribution in [-0.4, -0.2) is 36.7 Å². The van der Waals surface area contributed by atoms with E-state index in [2.05, 4.69) is 18.7 Å². The van der Waals surface area contributed by atoms with Crippen molar-refractivity contribution >= 4 is 0 Å². The summed E-state index contributed by atoms with van der Waals surface area (Å²) in [6.45, 7) is 6.54. The van der Waals surface area contributed by atoms with E-state index in [1.165, 1.54) is 6.07 Å². The van der Waals surface area contributed by atoms with Crippen molar-refractivity contribution in [1.82, 2.24) is 4.90 Å². The van der Waals surface area contributed by atoms with Crippen LogP contribution in [0.4, 0.5) is 4.39 Å². The van der Waals surface area contributed by atoms with Crippen LogP contribution in [-0.2, 0) is 11.3 Å². The Hall–Kier alpha value is -0.970. The van der Waals surface area contributed by atoms with Crippen LogP contribution in [0.1, 0.15) is 25.8 Å². The standard InChI is InChI=1S/C17H25FN2O/c1-16(2)15-13(8-9-21-15)17(16,19)11-20(3)10-12-6-4-5-7-14(12)18/h4-7,13,15H,8-11,19H2,1-3H3. The molecule has 116 valence electrons. The molecule has 1 aliphatic carbocycles. The van der Waals surface area contributed by atoms with Crippen LogP contribution in [0.25, 0.3) is 0 Å². The topological polar surface area (TPSA) is 38.5 Å². The summed E-state index contributed by atoms with van der Waals surface area (Å²) in [5, 5.41) is 0. The zero-order valence-electron chi connectivity index (χ0n) is 13.1. The van der Waals surface area contributed by atoms with Crippen molar-refractivity contribution in [2.24, 2.45) is 17.1 Å². The maximum absolute atomic E-state index is 13.8. The summed E-state index contributed by atoms with van der Waals surface area (Å²) in [6, 6.07) is 6.94. The lowest BCUT2D eigenvalue weighted by molar-refractivity contribution is -0.162. The van der Waals surface area contributed by atoms with E-state index >= 15 is 0 Å². The molecule has 1 aliphatic heterocycles. The van der Waals surface area contributed by atoms with Gasteiger partial charge in [0.25, 0.3) is 0 Å². The summed E-state index contributed by atoms with van der Waals surface area (Å²) in [7, 11) is 2.01. The molecule has 1 saturated carbocycles. The average molecular weight is 292 g/mol. The lowest BCUT2D eigenvalue weighted by atomic mass is 9.48. The number of rotatable bonds is 4. The fourth-order valence-corrected chi connectivity index (χ4v) is 4.22. The van der Waals surface area contributed by atoms with Gasteiger partial charge in [-0.15, -0.1) is 0 Å². The Labute approximate surface area is 126 Å². The highest BCUT2D eigenvalue weighted by Gasteiger charge is 2.67. The normalized spacial score (nSPS) is 33.8. The first-order valence-electron chi connectivity index (χ1n) is 7.69. The highest BCUT2D eigenvalue weighted by Crippen LogP contribution is 2.58. The second-order valence-electron chi connectivity index (χ2n) is 7.21. The number of nitrogens with two attached hydrogens (primary N) is 1. The van der Waals surface area contributed by atoms with Crippen LogP contribution in [0.15, 0.2) is 24.3 Å². The van der Waals surface area contributed by atoms with Gasteiger partial charge in [-0.05, 0) is 19.5 Å². The summed E-state index contributed by atoms with van der Waals surface area (Å²) in [4.78, 5) is 2.13. The molecule has 0 bridgehead atoms. The van der Waals surface area contributed by atoms with Gasteiger partial charge in [-0.1, -0.05) is 32.0 Å². The monoisotopic (exact) mass is 292 g/mol. The van der Waals surface area contributed by atoms with Crippen molar-refractivity contribution in [1.29, 1.82) is 0 Å². The smallest absolute Gasteiger partial charge is 0.127 e. The molecule has 21 heavy (non-hydrogen) atoms. The van der Waals surface area contributed by atoms with Crippen LogP contribution in [0.5, 0.6) is 0 Å². The van der Waals surface area contributed by atoms with E-state index in [4.69, 9.17) is 10.5 Å². The van der Waals surface area contributed by atoms with Gasteiger partial charge in [0, 0.05) is 42.1 Å². The summed E-state index contributed by atoms with van der Waals surface area (Å²) in [5.41, 5.74) is 7.18. The molecular weight excluding hydrogens is 267 g/mol. The molecule has 3 unspecified atom stereocenters. The van der Waals surface area contributed by atoms with Gasteiger partial charge in [-0.25, -0.2) is 4.39 Å². The molecule has 2 N–H and O–H groups in total. The SMILES string of the molecule is CN(Cc1ccccc1F)CC1(N)C2CCOC2C1(C)C. The Morgan fingerprint density at radius 1 is 1.38 bits per heavy atom. The van der Waals surface area contributed by atoms with Crippen LogP contribution < -0.4 is 5.73 Å². The van der Waals surface area contributed by atoms with Gasteiger partial charge in [-0.2, -0.15) is 0 Å². The predicted molar refractivity (Wildman–Crippen MR) is 81.3 cm³/mol. The minimum atomic E-state index is -0.256. The first-order valence-corrected chi connectivity index (χ1v) is 7.69. The van der Waals surface area contributed by atoms with E-state index in [1.54, 1.807) is 6.07 Å². The van der Waals surface area contributed by atoms with Crippen molar-refractivity contribution < 1.29 is 9.13 Å². The van der Waals surface area contributed by atoms with E-state index < -0.39 is 0 Å². The molecule has 3 rings (SSSR count). The first kappa shape index (κ1) is 14.9. The van der Waals surface area contributed by atoms with Gasteiger partial charge in [0.05, 0.1) is 6.10 Å². The minimum Gasteiger partial charge on any atom is -0.377 e. The maximum Gasteiger partial charge on any atom is 0.127 e. The molecule has 2 fully saturated rings. The second-order valence-corrected chi connectivity index (χ2v) is 7.21. The van der Waals surface area contributed by atoms with Gasteiger partial charge in [0.2, 0.25) is 0 Å². The summed E-state index contributed by atoms with van der Waals surface area (Å²) in [5.74, 6) is 0.279. The summed E-state index contributed by atoms with van der Waals surface area (Å²) >= 11 is 0. The number of nitrogens with zero attached hydrogens (tertiary/aromatic N) is 1. The van der Waals surface area contributed by atoms with Crippen LogP contribution >= 0.6 is 0 Å². The molecule has 2 aliphatic rings. The van der Waals surface area contributed by atoms with Crippen molar-refractivity contribution in [2.45, 2.75) is 38.5 Å². The molecule has 0 radical (unpaired) electrons. The van der Waals surface area contributed by atoms with Gasteiger partial charge < -0.3 is 15.4 Å². The number of hydrogen-bond donors (Lipinski definition) is 1. The lowest BCUT2D eigenvalue weighted by Crippen LogP contribution is -2.77. The number of hydrogen-bond acceptors (Lipinski definition) is 3. The molecule has 1 heterocycles. The van der Waals surface area contributed by atoms with Crippen LogP contribution in [0.3, 0.4) is 0 Å². The molecule has 4 heteroatoms. The Balaban J connectivity index is 1.70. The second kappa shape index (κ2) is 5.04. The van der Waals surface area contributed by atoms with Gasteiger partial charge >= 0.3 is 0 Å². The fourth-order valence-electron chi connectivity index (χ4n) is 4.22. The predicted octanol–water partition coefficient (Wildman–Crippen LogP) is 2.40. The van der Waals surface area contributed by atoms with Crippen molar-refractivity contribution in [3.05, 3.63) is 35.6 Å². The molecule has 1 saturated heterocycles. The van der Waals surface area contributed by atoms with E-state index in [0.717, 1.165) is 25.1 Å². The Bertz CT molecular complexity index is 533. The van der Waals surface area contributed by atoms with Gasteiger partial charge in [0.15, 0.2) is 0 Å². The maximum atomic E-state index is 13.8. The summed E-state index contributed by atoms with van der Waals surface area (Å²) < 4.78 is 19.6. The molecule has 3 nitrogen and oxygen atoms in total. The van der Waals surface area contributed by atoms with E-state index in [0.29, 0.717) is 12.5 Å². The third kappa shape index (κ3) is 2.20. The van der Waals surface area contributed by atoms with Gasteiger partial charge in [-0.3, -0.25) is 0 Å². The molecule has 0 spiro atoms. The van der Waals surface area contributed by atoms with Crippen molar-refractivity contribution in [3.8, 4) is 0 Å². The third-order valence-electron chi connectivity index (χ3n) is 5.59. The third-order valence-corrected chi connectivity index (χ3v) is 5.59. The zero-order valence-corrected chi connectivity index (χ0v) is 13.1. The molecular formula is C17H25FN2O. The number of ether oxygens (including phenoxy) is 1. The quantitative estimate of drug-likeness (QED) is 0.926. The molecule has 1 aromatic carbocycles. The molecule has 3 atom stereocenters. The number of likely N-dealkylation sites (N-methyl/N-ethyl adjacent to an activating group) is 1. The van der Waals surface area contributed by atoms with Crippen molar-refractivity contribution in [2.75, 3.05) is 20.2 Å². The Morgan fingerprint density at radius 2 is 2.10 bits per heavy atom. The summed E-state index contributed by atoms with van der Waals surface area (Å²) in [6.07, 6.45) is 1.32. The number of fused-ring (bicyclic) bond motifs is 1. The first-order chi connectivity index (χ1) is 9.86. The van der Waals surface area contributed by atoms with Gasteiger partial charge in [0.1, 0.15) is 5.82 Å². The fraction of sp³-hybridized carbons (Fsp3) is 0.647. The highest BCUT2D eigenvalue weighted by atomic mass is 19.1. The lowest BCUT2D eigenvalue weighted by Gasteiger charge is -2.63. The van der Waals surface area contributed by atoms with Crippen LogP contribution in [0, 0.1) is 17.2 Å². The zero-order chi connectivity index (χ0) is 15.3. The number of halogens is 1. The van der Waals surface area contributed by atoms with Crippen LogP contribution in [0.2, 0.25) is 0 Å². The molecule has 0 aromatic heterocycles. The largest absolute Gasteiger partial charge is 0.377 e. The van der Waals surface area contributed by atoms with E-state index in [1.807, 2.05) is 19.2 Å². The Kier molecular flexibility index (Phi) is 3.59. The van der Waals surface area contributed by atoms with Crippen molar-refractivity contribution in [3.63, 3.8) is 0 Å².